The van der Waals surface area contributed by atoms with Gasteiger partial charge in [0.05, 0.1) is 7.11 Å². The van der Waals surface area contributed by atoms with E-state index in [1.54, 1.807) is 7.11 Å². The molecule has 0 fully saturated rings. The molecule has 2 nitrogen and oxygen atoms in total. The standard InChI is InChI=1S/C17H23NO/c1-12-10-16(11-13(2)17(12)19-3)15-6-4-14(5-7-15)8-9-18/h4-7,10,16H,8-9,11,18H2,1-3H3. The number of nitrogens with two attached hydrogens (primary N) is 1. The number of allylic oxidation sites excluding steroid dienone is 3. The Morgan fingerprint density at radius 3 is 2.42 bits per heavy atom. The molecule has 0 saturated heterocycles. The Morgan fingerprint density at radius 2 is 1.89 bits per heavy atom. The average Bonchev–Trinajstić information content (AvgIpc) is 2.39. The van der Waals surface area contributed by atoms with Crippen LogP contribution in [-0.2, 0) is 11.2 Å². The van der Waals surface area contributed by atoms with Crippen LogP contribution in [0.5, 0.6) is 0 Å². The van der Waals surface area contributed by atoms with Crippen LogP contribution in [0.1, 0.15) is 37.3 Å². The minimum absolute atomic E-state index is 0.464. The largest absolute Gasteiger partial charge is 0.497 e. The van der Waals surface area contributed by atoms with Crippen molar-refractivity contribution in [3.63, 3.8) is 0 Å². The number of hydrogen-bond acceptors (Lipinski definition) is 2. The van der Waals surface area contributed by atoms with Gasteiger partial charge in [0.2, 0.25) is 0 Å². The molecule has 1 unspecified atom stereocenters. The van der Waals surface area contributed by atoms with Gasteiger partial charge < -0.3 is 10.5 Å². The summed E-state index contributed by atoms with van der Waals surface area (Å²) in [6.07, 6.45) is 4.30. The van der Waals surface area contributed by atoms with Crippen molar-refractivity contribution >= 4 is 0 Å². The van der Waals surface area contributed by atoms with Gasteiger partial charge in [-0.2, -0.15) is 0 Å². The Balaban J connectivity index is 2.18. The molecule has 1 aliphatic carbocycles. The van der Waals surface area contributed by atoms with Crippen LogP contribution in [0.3, 0.4) is 0 Å². The van der Waals surface area contributed by atoms with E-state index < -0.39 is 0 Å². The highest BCUT2D eigenvalue weighted by Gasteiger charge is 2.19. The van der Waals surface area contributed by atoms with Gasteiger partial charge in [-0.15, -0.1) is 0 Å². The zero-order valence-electron chi connectivity index (χ0n) is 12.1. The molecule has 0 saturated carbocycles. The van der Waals surface area contributed by atoms with Gasteiger partial charge in [0.15, 0.2) is 0 Å². The molecule has 1 aliphatic rings. The highest BCUT2D eigenvalue weighted by Crippen LogP contribution is 2.35. The Bertz CT molecular complexity index is 496. The Labute approximate surface area is 116 Å². The van der Waals surface area contributed by atoms with Gasteiger partial charge in [-0.1, -0.05) is 30.3 Å². The van der Waals surface area contributed by atoms with Gasteiger partial charge in [-0.25, -0.2) is 0 Å². The van der Waals surface area contributed by atoms with Gasteiger partial charge in [0.1, 0.15) is 5.76 Å². The van der Waals surface area contributed by atoms with Crippen molar-refractivity contribution < 1.29 is 4.74 Å². The van der Waals surface area contributed by atoms with Crippen LogP contribution >= 0.6 is 0 Å². The molecule has 0 heterocycles. The number of methoxy groups -OCH3 is 1. The fourth-order valence-corrected chi connectivity index (χ4v) is 2.84. The molecule has 1 aromatic carbocycles. The van der Waals surface area contributed by atoms with E-state index in [-0.39, 0.29) is 0 Å². The fraction of sp³-hybridized carbons (Fsp3) is 0.412. The van der Waals surface area contributed by atoms with Gasteiger partial charge in [0, 0.05) is 5.92 Å². The smallest absolute Gasteiger partial charge is 0.120 e. The lowest BCUT2D eigenvalue weighted by molar-refractivity contribution is 0.291. The van der Waals surface area contributed by atoms with Crippen LogP contribution in [0.15, 0.2) is 47.2 Å². The van der Waals surface area contributed by atoms with E-state index in [1.165, 1.54) is 22.3 Å². The summed E-state index contributed by atoms with van der Waals surface area (Å²) in [6, 6.07) is 8.83. The summed E-state index contributed by atoms with van der Waals surface area (Å²) < 4.78 is 5.45. The predicted octanol–water partition coefficient (Wildman–Crippen LogP) is 3.54. The van der Waals surface area contributed by atoms with Crippen LogP contribution in [0.25, 0.3) is 0 Å². The summed E-state index contributed by atoms with van der Waals surface area (Å²) in [5.74, 6) is 1.52. The van der Waals surface area contributed by atoms with E-state index in [1.807, 2.05) is 0 Å². The van der Waals surface area contributed by atoms with Gasteiger partial charge >= 0.3 is 0 Å². The number of benzene rings is 1. The van der Waals surface area contributed by atoms with Crippen LogP contribution in [0, 0.1) is 0 Å². The van der Waals surface area contributed by atoms with Crippen LogP contribution in [-0.4, -0.2) is 13.7 Å². The first-order valence-electron chi connectivity index (χ1n) is 6.87. The minimum Gasteiger partial charge on any atom is -0.497 e. The Hall–Kier alpha value is -1.54. The van der Waals surface area contributed by atoms with Crippen molar-refractivity contribution in [2.75, 3.05) is 13.7 Å². The van der Waals surface area contributed by atoms with Crippen LogP contribution in [0.2, 0.25) is 0 Å². The zero-order chi connectivity index (χ0) is 13.8. The monoisotopic (exact) mass is 257 g/mol. The van der Waals surface area contributed by atoms with E-state index >= 15 is 0 Å². The molecule has 1 aromatic rings. The molecule has 2 N–H and O–H groups in total. The number of rotatable bonds is 4. The van der Waals surface area contributed by atoms with Gasteiger partial charge in [0.25, 0.3) is 0 Å². The highest BCUT2D eigenvalue weighted by atomic mass is 16.5. The fourth-order valence-electron chi connectivity index (χ4n) is 2.84. The van der Waals surface area contributed by atoms with Crippen LogP contribution in [0.4, 0.5) is 0 Å². The summed E-state index contributed by atoms with van der Waals surface area (Å²) in [5, 5.41) is 0. The Morgan fingerprint density at radius 1 is 1.21 bits per heavy atom. The molecule has 2 rings (SSSR count). The molecule has 0 aliphatic heterocycles. The number of ether oxygens (including phenoxy) is 1. The molecule has 0 spiro atoms. The zero-order valence-corrected chi connectivity index (χ0v) is 12.1. The average molecular weight is 257 g/mol. The van der Waals surface area contributed by atoms with Crippen molar-refractivity contribution in [2.45, 2.75) is 32.6 Å². The molecule has 2 heteroatoms. The van der Waals surface area contributed by atoms with Crippen molar-refractivity contribution in [2.24, 2.45) is 5.73 Å². The molecule has 0 radical (unpaired) electrons. The molecular weight excluding hydrogens is 234 g/mol. The molecular formula is C17H23NO. The van der Waals surface area contributed by atoms with Gasteiger partial charge in [-0.3, -0.25) is 0 Å². The first kappa shape index (κ1) is 13.9. The summed E-state index contributed by atoms with van der Waals surface area (Å²) in [7, 11) is 1.75. The lowest BCUT2D eigenvalue weighted by Crippen LogP contribution is -2.08. The third-order valence-corrected chi connectivity index (χ3v) is 3.77. The number of hydrogen-bond donors (Lipinski definition) is 1. The lowest BCUT2D eigenvalue weighted by Gasteiger charge is -2.23. The van der Waals surface area contributed by atoms with E-state index in [4.69, 9.17) is 10.5 Å². The second-order valence-corrected chi connectivity index (χ2v) is 5.25. The third kappa shape index (κ3) is 3.07. The molecule has 0 bridgehead atoms. The summed E-state index contributed by atoms with van der Waals surface area (Å²) in [4.78, 5) is 0. The quantitative estimate of drug-likeness (QED) is 0.895. The topological polar surface area (TPSA) is 35.2 Å². The maximum atomic E-state index is 5.58. The molecule has 0 aromatic heterocycles. The first-order valence-corrected chi connectivity index (χ1v) is 6.87. The van der Waals surface area contributed by atoms with Crippen molar-refractivity contribution in [3.05, 3.63) is 58.4 Å². The predicted molar refractivity (Wildman–Crippen MR) is 80.0 cm³/mol. The molecule has 102 valence electrons. The molecule has 1 atom stereocenters. The second kappa shape index (κ2) is 6.07. The van der Waals surface area contributed by atoms with E-state index in [0.29, 0.717) is 12.5 Å². The maximum absolute atomic E-state index is 5.58. The van der Waals surface area contributed by atoms with E-state index in [9.17, 15) is 0 Å². The van der Waals surface area contributed by atoms with E-state index in [2.05, 4.69) is 44.2 Å². The Kier molecular flexibility index (Phi) is 4.43. The second-order valence-electron chi connectivity index (χ2n) is 5.25. The van der Waals surface area contributed by atoms with Crippen molar-refractivity contribution in [1.82, 2.24) is 0 Å². The first-order chi connectivity index (χ1) is 9.15. The van der Waals surface area contributed by atoms with E-state index in [0.717, 1.165) is 18.6 Å². The highest BCUT2D eigenvalue weighted by molar-refractivity contribution is 5.39. The maximum Gasteiger partial charge on any atom is 0.120 e. The molecule has 0 amide bonds. The molecule has 19 heavy (non-hydrogen) atoms. The lowest BCUT2D eigenvalue weighted by atomic mass is 9.85. The summed E-state index contributed by atoms with van der Waals surface area (Å²) in [6.45, 7) is 4.99. The van der Waals surface area contributed by atoms with Crippen molar-refractivity contribution in [3.8, 4) is 0 Å². The van der Waals surface area contributed by atoms with Gasteiger partial charge in [-0.05, 0) is 55.5 Å². The van der Waals surface area contributed by atoms with Crippen molar-refractivity contribution in [1.29, 1.82) is 0 Å². The van der Waals surface area contributed by atoms with Crippen LogP contribution < -0.4 is 5.73 Å². The minimum atomic E-state index is 0.464. The normalized spacial score (nSPS) is 19.4. The third-order valence-electron chi connectivity index (χ3n) is 3.77. The summed E-state index contributed by atoms with van der Waals surface area (Å²) in [5.41, 5.74) is 10.8. The summed E-state index contributed by atoms with van der Waals surface area (Å²) >= 11 is 0. The SMILES string of the molecule is COC1=C(C)CC(c2ccc(CCN)cc2)C=C1C.